The first kappa shape index (κ1) is 15.1. The molecule has 0 aliphatic rings. The van der Waals surface area contributed by atoms with Crippen molar-refractivity contribution >= 4 is 5.78 Å². The van der Waals surface area contributed by atoms with Crippen LogP contribution in [0, 0.1) is 0 Å². The minimum absolute atomic E-state index is 0.0524. The minimum Gasteiger partial charge on any atom is -0.487 e. The van der Waals surface area contributed by atoms with Crippen LogP contribution in [0.25, 0.3) is 0 Å². The standard InChI is InChI=1S/C14H13F3N2O2/c1-9(20)12-7-18-19(2)13(12)8-21-11-5-3-10(4-6-11)14(15,16)17/h3-7H,8H2,1-2H3. The van der Waals surface area contributed by atoms with E-state index in [-0.39, 0.29) is 12.4 Å². The van der Waals surface area contributed by atoms with Crippen molar-refractivity contribution in [3.05, 3.63) is 47.3 Å². The lowest BCUT2D eigenvalue weighted by atomic mass is 10.2. The van der Waals surface area contributed by atoms with Crippen LogP contribution in [-0.4, -0.2) is 15.6 Å². The number of alkyl halides is 3. The summed E-state index contributed by atoms with van der Waals surface area (Å²) in [5, 5.41) is 3.96. The van der Waals surface area contributed by atoms with Crippen LogP contribution in [0.2, 0.25) is 0 Å². The summed E-state index contributed by atoms with van der Waals surface area (Å²) in [5.41, 5.74) is 0.270. The van der Waals surface area contributed by atoms with E-state index in [1.807, 2.05) is 0 Å². The Kier molecular flexibility index (Phi) is 4.02. The summed E-state index contributed by atoms with van der Waals surface area (Å²) in [5.74, 6) is 0.146. The fourth-order valence-electron chi connectivity index (χ4n) is 1.82. The number of benzene rings is 1. The van der Waals surface area contributed by atoms with Crippen LogP contribution in [-0.2, 0) is 19.8 Å². The Bertz CT molecular complexity index is 645. The summed E-state index contributed by atoms with van der Waals surface area (Å²) < 4.78 is 44.2. The fourth-order valence-corrected chi connectivity index (χ4v) is 1.82. The number of rotatable bonds is 4. The Hall–Kier alpha value is -2.31. The van der Waals surface area contributed by atoms with E-state index < -0.39 is 11.7 Å². The molecular formula is C14H13F3N2O2. The van der Waals surface area contributed by atoms with Crippen molar-refractivity contribution in [3.63, 3.8) is 0 Å². The van der Waals surface area contributed by atoms with Gasteiger partial charge in [-0.05, 0) is 31.2 Å². The molecule has 0 aliphatic carbocycles. The van der Waals surface area contributed by atoms with Gasteiger partial charge < -0.3 is 4.74 Å². The lowest BCUT2D eigenvalue weighted by molar-refractivity contribution is -0.137. The van der Waals surface area contributed by atoms with Gasteiger partial charge in [-0.15, -0.1) is 0 Å². The number of carbonyl (C=O) groups excluding carboxylic acids is 1. The Morgan fingerprint density at radius 1 is 1.29 bits per heavy atom. The summed E-state index contributed by atoms with van der Waals surface area (Å²) in [7, 11) is 1.66. The number of aryl methyl sites for hydroxylation is 1. The molecule has 0 atom stereocenters. The third-order valence-electron chi connectivity index (χ3n) is 3.00. The zero-order valence-electron chi connectivity index (χ0n) is 11.4. The first-order valence-corrected chi connectivity index (χ1v) is 6.11. The molecule has 0 spiro atoms. The first-order valence-electron chi connectivity index (χ1n) is 6.11. The van der Waals surface area contributed by atoms with Gasteiger partial charge in [-0.1, -0.05) is 0 Å². The average molecular weight is 298 g/mol. The van der Waals surface area contributed by atoms with Crippen molar-refractivity contribution in [2.75, 3.05) is 0 Å². The Balaban J connectivity index is 2.10. The van der Waals surface area contributed by atoms with E-state index >= 15 is 0 Å². The van der Waals surface area contributed by atoms with Crippen molar-refractivity contribution in [1.29, 1.82) is 0 Å². The number of hydrogen-bond acceptors (Lipinski definition) is 3. The van der Waals surface area contributed by atoms with Crippen LogP contribution in [0.5, 0.6) is 5.75 Å². The number of nitrogens with zero attached hydrogens (tertiary/aromatic N) is 2. The second kappa shape index (κ2) is 5.59. The highest BCUT2D eigenvalue weighted by Gasteiger charge is 2.30. The van der Waals surface area contributed by atoms with E-state index in [9.17, 15) is 18.0 Å². The van der Waals surface area contributed by atoms with E-state index in [4.69, 9.17) is 4.74 Å². The first-order chi connectivity index (χ1) is 9.79. The van der Waals surface area contributed by atoms with E-state index in [0.29, 0.717) is 17.0 Å². The number of hydrogen-bond donors (Lipinski definition) is 0. The molecule has 0 unspecified atom stereocenters. The highest BCUT2D eigenvalue weighted by Crippen LogP contribution is 2.30. The molecule has 2 aromatic rings. The summed E-state index contributed by atoms with van der Waals surface area (Å²) in [4.78, 5) is 11.4. The lowest BCUT2D eigenvalue weighted by Crippen LogP contribution is -2.08. The summed E-state index contributed by atoms with van der Waals surface area (Å²) in [6, 6.07) is 4.38. The predicted octanol–water partition coefficient (Wildman–Crippen LogP) is 3.22. The van der Waals surface area contributed by atoms with Gasteiger partial charge in [0.2, 0.25) is 0 Å². The molecule has 1 aromatic carbocycles. The van der Waals surface area contributed by atoms with Crippen LogP contribution in [0.4, 0.5) is 13.2 Å². The number of Topliss-reactive ketones (excluding diaryl/α,β-unsaturated/α-hetero) is 1. The Morgan fingerprint density at radius 2 is 1.90 bits per heavy atom. The maximum Gasteiger partial charge on any atom is 0.416 e. The number of ether oxygens (including phenoxy) is 1. The van der Waals surface area contributed by atoms with Gasteiger partial charge in [0.25, 0.3) is 0 Å². The molecule has 0 aliphatic heterocycles. The van der Waals surface area contributed by atoms with Crippen molar-refractivity contribution in [3.8, 4) is 5.75 Å². The van der Waals surface area contributed by atoms with Gasteiger partial charge in [-0.25, -0.2) is 0 Å². The molecule has 1 heterocycles. The van der Waals surface area contributed by atoms with Crippen LogP contribution in [0.15, 0.2) is 30.5 Å². The summed E-state index contributed by atoms with van der Waals surface area (Å²) in [6.45, 7) is 1.47. The molecular weight excluding hydrogens is 285 g/mol. The second-order valence-electron chi connectivity index (χ2n) is 4.50. The molecule has 7 heteroatoms. The quantitative estimate of drug-likeness (QED) is 0.814. The van der Waals surface area contributed by atoms with Crippen LogP contribution in [0.3, 0.4) is 0 Å². The van der Waals surface area contributed by atoms with Crippen molar-refractivity contribution in [1.82, 2.24) is 9.78 Å². The maximum absolute atomic E-state index is 12.4. The zero-order chi connectivity index (χ0) is 15.6. The molecule has 112 valence electrons. The van der Waals surface area contributed by atoms with Gasteiger partial charge in [0, 0.05) is 7.05 Å². The third kappa shape index (κ3) is 3.42. The molecule has 0 N–H and O–H groups in total. The number of ketones is 1. The van der Waals surface area contributed by atoms with Gasteiger partial charge in [0.05, 0.1) is 23.0 Å². The Labute approximate surface area is 119 Å². The number of carbonyl (C=O) groups is 1. The molecule has 2 rings (SSSR count). The second-order valence-corrected chi connectivity index (χ2v) is 4.50. The summed E-state index contributed by atoms with van der Waals surface area (Å²) in [6.07, 6.45) is -2.93. The van der Waals surface area contributed by atoms with Gasteiger partial charge >= 0.3 is 6.18 Å². The molecule has 0 fully saturated rings. The molecule has 0 radical (unpaired) electrons. The highest BCUT2D eigenvalue weighted by molar-refractivity contribution is 5.94. The molecule has 4 nitrogen and oxygen atoms in total. The smallest absolute Gasteiger partial charge is 0.416 e. The van der Waals surface area contributed by atoms with E-state index in [1.54, 1.807) is 7.05 Å². The molecule has 0 saturated carbocycles. The van der Waals surface area contributed by atoms with Crippen molar-refractivity contribution < 1.29 is 22.7 Å². The zero-order valence-corrected chi connectivity index (χ0v) is 11.4. The maximum atomic E-state index is 12.4. The topological polar surface area (TPSA) is 44.1 Å². The van der Waals surface area contributed by atoms with Gasteiger partial charge in [0.1, 0.15) is 12.4 Å². The molecule has 0 saturated heterocycles. The van der Waals surface area contributed by atoms with E-state index in [1.165, 1.54) is 29.9 Å². The fraction of sp³-hybridized carbons (Fsp3) is 0.286. The van der Waals surface area contributed by atoms with E-state index in [2.05, 4.69) is 5.10 Å². The third-order valence-corrected chi connectivity index (χ3v) is 3.00. The van der Waals surface area contributed by atoms with Crippen LogP contribution in [0.1, 0.15) is 28.5 Å². The van der Waals surface area contributed by atoms with Gasteiger partial charge in [0.15, 0.2) is 5.78 Å². The highest BCUT2D eigenvalue weighted by atomic mass is 19.4. The largest absolute Gasteiger partial charge is 0.487 e. The predicted molar refractivity (Wildman–Crippen MR) is 69.0 cm³/mol. The van der Waals surface area contributed by atoms with Crippen LogP contribution < -0.4 is 4.74 Å². The van der Waals surface area contributed by atoms with Gasteiger partial charge in [-0.2, -0.15) is 18.3 Å². The monoisotopic (exact) mass is 298 g/mol. The Morgan fingerprint density at radius 3 is 2.43 bits per heavy atom. The van der Waals surface area contributed by atoms with Crippen LogP contribution >= 0.6 is 0 Å². The van der Waals surface area contributed by atoms with E-state index in [0.717, 1.165) is 12.1 Å². The number of halogens is 3. The summed E-state index contributed by atoms with van der Waals surface area (Å²) >= 11 is 0. The van der Waals surface area contributed by atoms with Crippen molar-refractivity contribution in [2.45, 2.75) is 19.7 Å². The van der Waals surface area contributed by atoms with Crippen molar-refractivity contribution in [2.24, 2.45) is 7.05 Å². The number of aromatic nitrogens is 2. The van der Waals surface area contributed by atoms with Gasteiger partial charge in [-0.3, -0.25) is 9.48 Å². The minimum atomic E-state index is -4.37. The normalized spacial score (nSPS) is 11.5. The molecule has 0 amide bonds. The molecule has 0 bridgehead atoms. The molecule has 1 aromatic heterocycles. The lowest BCUT2D eigenvalue weighted by Gasteiger charge is -2.10. The molecule has 21 heavy (non-hydrogen) atoms. The SMILES string of the molecule is CC(=O)c1cnn(C)c1COc1ccc(C(F)(F)F)cc1. The average Bonchev–Trinajstić information content (AvgIpc) is 2.77.